The van der Waals surface area contributed by atoms with E-state index < -0.39 is 0 Å². The highest BCUT2D eigenvalue weighted by molar-refractivity contribution is 6.23. The Hall–Kier alpha value is -3.38. The average Bonchev–Trinajstić information content (AvgIpc) is 2.59. The predicted octanol–water partition coefficient (Wildman–Crippen LogP) is 3.58. The van der Waals surface area contributed by atoms with Crippen molar-refractivity contribution in [3.63, 3.8) is 0 Å². The van der Waals surface area contributed by atoms with Crippen LogP contribution in [-0.2, 0) is 0 Å². The largest absolute Gasteiger partial charge is 0.398 e. The van der Waals surface area contributed by atoms with Crippen LogP contribution in [0.5, 0.6) is 0 Å². The molecular formula is C20H15N3. The second-order valence-electron chi connectivity index (χ2n) is 5.54. The molecule has 4 rings (SSSR count). The first-order valence-electron chi connectivity index (χ1n) is 7.35. The zero-order chi connectivity index (χ0) is 16.0. The van der Waals surface area contributed by atoms with Crippen LogP contribution in [0.2, 0.25) is 0 Å². The fraction of sp³-hybridized carbons (Fsp3) is 0. The van der Waals surface area contributed by atoms with E-state index in [-0.39, 0.29) is 0 Å². The predicted molar refractivity (Wildman–Crippen MR) is 98.9 cm³/mol. The van der Waals surface area contributed by atoms with Crippen LogP contribution in [0.1, 0.15) is 5.56 Å². The van der Waals surface area contributed by atoms with Crippen LogP contribution in [0.4, 0.5) is 11.4 Å². The molecule has 0 bridgehead atoms. The minimum absolute atomic E-state index is 0.688. The van der Waals surface area contributed by atoms with E-state index in [1.54, 1.807) is 0 Å². The van der Waals surface area contributed by atoms with Gasteiger partial charge in [-0.25, -0.2) is 0 Å². The molecule has 0 saturated heterocycles. The standard InChI is InChI=1S/C20H15N3/c21-10-9-14-13-6-2-1-5-12(13)11-17-18(14)20(23)16-8-4-3-7-15(16)19(17)22/h1-8,11H,21-23H2. The van der Waals surface area contributed by atoms with E-state index in [1.807, 2.05) is 48.5 Å². The summed E-state index contributed by atoms with van der Waals surface area (Å²) in [5, 5.41) is 5.78. The molecule has 0 aromatic heterocycles. The number of fused-ring (bicyclic) bond motifs is 3. The van der Waals surface area contributed by atoms with Crippen LogP contribution in [-0.4, -0.2) is 0 Å². The number of nitrogens with two attached hydrogens (primary N) is 3. The molecule has 0 unspecified atom stereocenters. The van der Waals surface area contributed by atoms with Crippen LogP contribution >= 0.6 is 0 Å². The number of hydrogen-bond acceptors (Lipinski definition) is 3. The van der Waals surface area contributed by atoms with E-state index in [2.05, 4.69) is 18.0 Å². The minimum Gasteiger partial charge on any atom is -0.398 e. The molecule has 3 heteroatoms. The van der Waals surface area contributed by atoms with Gasteiger partial charge in [0.15, 0.2) is 0 Å². The molecule has 0 aliphatic carbocycles. The van der Waals surface area contributed by atoms with E-state index in [0.717, 1.165) is 43.6 Å². The quantitative estimate of drug-likeness (QED) is 0.153. The van der Waals surface area contributed by atoms with Crippen LogP contribution in [0.15, 0.2) is 54.6 Å². The van der Waals surface area contributed by atoms with Gasteiger partial charge in [0.2, 0.25) is 0 Å². The molecule has 0 aliphatic heterocycles. The molecule has 0 fully saturated rings. The lowest BCUT2D eigenvalue weighted by Crippen LogP contribution is -1.98. The molecule has 0 amide bonds. The van der Waals surface area contributed by atoms with Crippen molar-refractivity contribution in [2.45, 2.75) is 0 Å². The lowest BCUT2D eigenvalue weighted by molar-refractivity contribution is 1.70. The maximum Gasteiger partial charge on any atom is 0.0487 e. The van der Waals surface area contributed by atoms with Gasteiger partial charge in [-0.2, -0.15) is 0 Å². The Morgan fingerprint density at radius 1 is 0.696 bits per heavy atom. The fourth-order valence-corrected chi connectivity index (χ4v) is 3.27. The third-order valence-electron chi connectivity index (χ3n) is 4.31. The van der Waals surface area contributed by atoms with Crippen molar-refractivity contribution in [1.29, 1.82) is 0 Å². The zero-order valence-electron chi connectivity index (χ0n) is 12.4. The van der Waals surface area contributed by atoms with Gasteiger partial charge in [-0.05, 0) is 22.8 Å². The maximum atomic E-state index is 6.48. The van der Waals surface area contributed by atoms with Crippen LogP contribution in [0.25, 0.3) is 32.3 Å². The number of benzene rings is 4. The first-order chi connectivity index (χ1) is 11.2. The number of nitrogen functional groups attached to an aromatic ring is 2. The van der Waals surface area contributed by atoms with Gasteiger partial charge in [-0.1, -0.05) is 48.5 Å². The summed E-state index contributed by atoms with van der Waals surface area (Å²) in [6, 6.07) is 20.5. The Morgan fingerprint density at radius 3 is 2.00 bits per heavy atom. The molecule has 23 heavy (non-hydrogen) atoms. The van der Waals surface area contributed by atoms with Gasteiger partial charge >= 0.3 is 0 Å². The number of anilines is 2. The van der Waals surface area contributed by atoms with Crippen molar-refractivity contribution in [1.82, 2.24) is 0 Å². The van der Waals surface area contributed by atoms with Crippen molar-refractivity contribution in [2.24, 2.45) is 5.73 Å². The highest BCUT2D eigenvalue weighted by Crippen LogP contribution is 2.40. The second kappa shape index (κ2) is 4.82. The summed E-state index contributed by atoms with van der Waals surface area (Å²) in [5.74, 6) is 3.02. The molecule has 6 N–H and O–H groups in total. The average molecular weight is 297 g/mol. The van der Waals surface area contributed by atoms with E-state index in [9.17, 15) is 0 Å². The summed E-state index contributed by atoms with van der Waals surface area (Å²) in [6.07, 6.45) is 0. The SMILES string of the molecule is NC#Cc1c2ccccc2cc2c(N)c3ccccc3c(N)c12. The summed E-state index contributed by atoms with van der Waals surface area (Å²) < 4.78 is 0. The first-order valence-corrected chi connectivity index (χ1v) is 7.35. The van der Waals surface area contributed by atoms with Crippen molar-refractivity contribution in [2.75, 3.05) is 11.5 Å². The molecule has 0 aliphatic rings. The normalized spacial score (nSPS) is 10.8. The van der Waals surface area contributed by atoms with Crippen molar-refractivity contribution >= 4 is 43.7 Å². The van der Waals surface area contributed by atoms with Crippen LogP contribution in [0, 0.1) is 12.0 Å². The summed E-state index contributed by atoms with van der Waals surface area (Å²) >= 11 is 0. The van der Waals surface area contributed by atoms with Crippen LogP contribution in [0.3, 0.4) is 0 Å². The molecule has 110 valence electrons. The second-order valence-corrected chi connectivity index (χ2v) is 5.54. The molecule has 4 aromatic carbocycles. The van der Waals surface area contributed by atoms with Crippen molar-refractivity contribution in [3.05, 3.63) is 60.2 Å². The Labute approximate surface area is 133 Å². The van der Waals surface area contributed by atoms with Gasteiger partial charge in [0.25, 0.3) is 0 Å². The van der Waals surface area contributed by atoms with Gasteiger partial charge in [0.1, 0.15) is 0 Å². The van der Waals surface area contributed by atoms with Crippen molar-refractivity contribution < 1.29 is 0 Å². The van der Waals surface area contributed by atoms with E-state index in [1.165, 1.54) is 0 Å². The van der Waals surface area contributed by atoms with E-state index in [0.29, 0.717) is 5.69 Å². The third-order valence-corrected chi connectivity index (χ3v) is 4.31. The Balaban J connectivity index is 2.39. The summed E-state index contributed by atoms with van der Waals surface area (Å²) in [5.41, 5.74) is 20.7. The number of rotatable bonds is 0. The van der Waals surface area contributed by atoms with Crippen molar-refractivity contribution in [3.8, 4) is 12.0 Å². The Morgan fingerprint density at radius 2 is 1.30 bits per heavy atom. The van der Waals surface area contributed by atoms with Gasteiger partial charge in [0.05, 0.1) is 0 Å². The summed E-state index contributed by atoms with van der Waals surface area (Å²) in [4.78, 5) is 0. The molecular weight excluding hydrogens is 282 g/mol. The molecule has 4 aromatic rings. The monoisotopic (exact) mass is 297 g/mol. The first kappa shape index (κ1) is 13.3. The van der Waals surface area contributed by atoms with Gasteiger partial charge < -0.3 is 17.2 Å². The lowest BCUT2D eigenvalue weighted by Gasteiger charge is -2.15. The topological polar surface area (TPSA) is 78.1 Å². The fourth-order valence-electron chi connectivity index (χ4n) is 3.27. The Kier molecular flexibility index (Phi) is 2.79. The molecule has 0 spiro atoms. The smallest absolute Gasteiger partial charge is 0.0487 e. The summed E-state index contributed by atoms with van der Waals surface area (Å²) in [7, 11) is 0. The minimum atomic E-state index is 0.688. The zero-order valence-corrected chi connectivity index (χ0v) is 12.4. The molecule has 0 saturated carbocycles. The molecule has 0 radical (unpaired) electrons. The third kappa shape index (κ3) is 1.79. The molecule has 0 atom stereocenters. The van der Waals surface area contributed by atoms with Crippen LogP contribution < -0.4 is 17.2 Å². The van der Waals surface area contributed by atoms with E-state index >= 15 is 0 Å². The maximum absolute atomic E-state index is 6.48. The van der Waals surface area contributed by atoms with E-state index in [4.69, 9.17) is 17.2 Å². The molecule has 3 nitrogen and oxygen atoms in total. The highest BCUT2D eigenvalue weighted by atomic mass is 14.6. The van der Waals surface area contributed by atoms with Gasteiger partial charge in [0, 0.05) is 44.5 Å². The van der Waals surface area contributed by atoms with Gasteiger partial charge in [-0.15, -0.1) is 0 Å². The number of hydrogen-bond donors (Lipinski definition) is 3. The molecule has 0 heterocycles. The van der Waals surface area contributed by atoms with Gasteiger partial charge in [-0.3, -0.25) is 0 Å². The highest BCUT2D eigenvalue weighted by Gasteiger charge is 2.15. The lowest BCUT2D eigenvalue weighted by atomic mass is 9.92. The summed E-state index contributed by atoms with van der Waals surface area (Å²) in [6.45, 7) is 0. The Bertz CT molecular complexity index is 1150.